The SMILES string of the molecule is CC(C)[C@H](NC(=O)CCC(=O)O)C(=O)OCc1ccccc1.CC(C)[C@H](NC(=O)CCC(=O)OCC1CC[C@H](n2cnc3c(=O)[nH]cnc32)O1)C(=O)O.CC(C)[C@H](NC(=O)CCC(=O)OCC1CC[C@H](n2cnc3c(=O)[nH]cnc32)O1)C(=O)OCc1ccccc1.CO.O=c1[nH]cnc2c1ncn2[C@H]1CCC(CO)O1.S.S.S. The molecular formula is C72H99N15O23S3. The number of benzene rings is 2. The predicted molar refractivity (Wildman–Crippen MR) is 418 cm³/mol. The van der Waals surface area contributed by atoms with Crippen molar-refractivity contribution in [2.75, 3.05) is 26.9 Å². The molecule has 6 aromatic heterocycles. The molecule has 3 unspecified atom stereocenters. The number of H-pyrrole nitrogens is 3. The molecule has 9 heterocycles. The molecule has 38 nitrogen and oxygen atoms in total. The van der Waals surface area contributed by atoms with Crippen LogP contribution in [0.4, 0.5) is 0 Å². The topological polar surface area (TPSA) is 526 Å². The zero-order valence-electron chi connectivity index (χ0n) is 63.3. The fourth-order valence-corrected chi connectivity index (χ4v) is 11.3. The number of rotatable bonds is 30. The number of carboxylic acids is 2. The van der Waals surface area contributed by atoms with Gasteiger partial charge < -0.3 is 84.5 Å². The minimum atomic E-state index is -1.12. The Hall–Kier alpha value is -10.4. The van der Waals surface area contributed by atoms with Gasteiger partial charge in [-0.2, -0.15) is 40.5 Å². The van der Waals surface area contributed by atoms with Crippen LogP contribution >= 0.6 is 40.5 Å². The Morgan fingerprint density at radius 3 is 1.08 bits per heavy atom. The summed E-state index contributed by atoms with van der Waals surface area (Å²) in [6.45, 7) is 10.9. The molecule has 0 spiro atoms. The first-order valence-electron chi connectivity index (χ1n) is 35.5. The van der Waals surface area contributed by atoms with Gasteiger partial charge in [-0.15, -0.1) is 0 Å². The van der Waals surface area contributed by atoms with E-state index in [0.29, 0.717) is 48.1 Å². The Balaban J connectivity index is 0.000000324. The number of ether oxygens (including phenoxy) is 7. The third-order valence-electron chi connectivity index (χ3n) is 17.2. The van der Waals surface area contributed by atoms with Crippen molar-refractivity contribution >= 4 is 128 Å². The molecule has 0 radical (unpaired) electrons. The van der Waals surface area contributed by atoms with Gasteiger partial charge in [0, 0.05) is 26.4 Å². The minimum absolute atomic E-state index is 0. The van der Waals surface area contributed by atoms with Gasteiger partial charge in [0.25, 0.3) is 16.7 Å². The Labute approximate surface area is 668 Å². The van der Waals surface area contributed by atoms with E-state index >= 15 is 0 Å². The lowest BCUT2D eigenvalue weighted by Crippen LogP contribution is -2.45. The van der Waals surface area contributed by atoms with Gasteiger partial charge in [0.15, 0.2) is 33.5 Å². The van der Waals surface area contributed by atoms with Crippen LogP contribution < -0.4 is 32.6 Å². The highest BCUT2D eigenvalue weighted by Gasteiger charge is 2.34. The predicted octanol–water partition coefficient (Wildman–Crippen LogP) is 3.82. The van der Waals surface area contributed by atoms with Crippen molar-refractivity contribution in [2.45, 2.75) is 187 Å². The summed E-state index contributed by atoms with van der Waals surface area (Å²) in [5.74, 6) is -6.40. The fourth-order valence-electron chi connectivity index (χ4n) is 11.3. The van der Waals surface area contributed by atoms with E-state index in [2.05, 4.69) is 60.8 Å². The van der Waals surface area contributed by atoms with E-state index in [1.807, 2.05) is 60.7 Å². The number of amides is 3. The smallest absolute Gasteiger partial charge is 0.329 e. The number of nitrogens with zero attached hydrogens (tertiary/aromatic N) is 9. The summed E-state index contributed by atoms with van der Waals surface area (Å²) in [5, 5.41) is 41.3. The average Bonchev–Trinajstić information content (AvgIpc) is 1.66. The summed E-state index contributed by atoms with van der Waals surface area (Å²) in [6.07, 6.45) is 9.87. The summed E-state index contributed by atoms with van der Waals surface area (Å²) in [4.78, 5) is 173. The molecule has 3 saturated heterocycles. The van der Waals surface area contributed by atoms with E-state index in [4.69, 9.17) is 53.6 Å². The molecule has 113 heavy (non-hydrogen) atoms. The molecule has 3 amide bonds. The van der Waals surface area contributed by atoms with Gasteiger partial charge in [-0.1, -0.05) is 102 Å². The molecular weight excluding hydrogens is 1540 g/mol. The van der Waals surface area contributed by atoms with Crippen LogP contribution in [0.5, 0.6) is 0 Å². The molecule has 618 valence electrons. The number of aliphatic hydroxyl groups excluding tert-OH is 2. The number of aliphatic carboxylic acids is 2. The Morgan fingerprint density at radius 1 is 0.451 bits per heavy atom. The van der Waals surface area contributed by atoms with Crippen LogP contribution in [-0.2, 0) is 89.5 Å². The highest BCUT2D eigenvalue weighted by atomic mass is 32.1. The van der Waals surface area contributed by atoms with Crippen molar-refractivity contribution in [1.29, 1.82) is 0 Å². The number of nitrogens with one attached hydrogen (secondary N) is 6. The summed E-state index contributed by atoms with van der Waals surface area (Å²) >= 11 is 0. The Morgan fingerprint density at radius 2 is 0.770 bits per heavy atom. The second-order valence-electron chi connectivity index (χ2n) is 26.4. The molecule has 3 aliphatic rings. The maximum absolute atomic E-state index is 12.5. The maximum atomic E-state index is 12.5. The molecule has 41 heteroatoms. The van der Waals surface area contributed by atoms with Crippen molar-refractivity contribution in [1.82, 2.24) is 74.5 Å². The quantitative estimate of drug-likeness (QED) is 0.0226. The van der Waals surface area contributed by atoms with E-state index in [0.717, 1.165) is 31.1 Å². The zero-order chi connectivity index (χ0) is 80.0. The van der Waals surface area contributed by atoms with Crippen LogP contribution in [0.1, 0.15) is 148 Å². The lowest BCUT2D eigenvalue weighted by Gasteiger charge is -2.21. The van der Waals surface area contributed by atoms with Gasteiger partial charge in [0.2, 0.25) is 17.7 Å². The highest BCUT2D eigenvalue weighted by Crippen LogP contribution is 2.32. The zero-order valence-corrected chi connectivity index (χ0v) is 66.3. The monoisotopic (exact) mass is 1640 g/mol. The van der Waals surface area contributed by atoms with Crippen LogP contribution in [0.2, 0.25) is 0 Å². The molecule has 3 aliphatic heterocycles. The second-order valence-corrected chi connectivity index (χ2v) is 26.4. The van der Waals surface area contributed by atoms with Gasteiger partial charge in [0.05, 0.1) is 82.1 Å². The summed E-state index contributed by atoms with van der Waals surface area (Å²) in [6, 6.07) is 15.9. The number of imidazole rings is 3. The van der Waals surface area contributed by atoms with Crippen LogP contribution in [0.3, 0.4) is 0 Å². The maximum Gasteiger partial charge on any atom is 0.329 e. The van der Waals surface area contributed by atoms with Crippen LogP contribution in [0.15, 0.2) is 113 Å². The average molecular weight is 1640 g/mol. The largest absolute Gasteiger partial charge is 0.481 e. The molecule has 0 aliphatic carbocycles. The number of carbonyl (C=O) groups excluding carboxylic acids is 7. The number of aliphatic hydroxyl groups is 2. The molecule has 3 fully saturated rings. The third kappa shape index (κ3) is 28.9. The van der Waals surface area contributed by atoms with Gasteiger partial charge in [-0.05, 0) is 67.4 Å². The first-order chi connectivity index (χ1) is 52.8. The van der Waals surface area contributed by atoms with E-state index in [9.17, 15) is 57.5 Å². The van der Waals surface area contributed by atoms with Gasteiger partial charge >= 0.3 is 35.8 Å². The first-order valence-corrected chi connectivity index (χ1v) is 35.5. The number of carbonyl (C=O) groups is 9. The minimum Gasteiger partial charge on any atom is -0.481 e. The molecule has 8 aromatic rings. The molecule has 10 N–H and O–H groups in total. The molecule has 9 atom stereocenters. The third-order valence-corrected chi connectivity index (χ3v) is 17.2. The number of carboxylic acid groups (broad SMARTS) is 2. The van der Waals surface area contributed by atoms with Gasteiger partial charge in [-0.25, -0.2) is 44.3 Å². The molecule has 2 aromatic carbocycles. The summed E-state index contributed by atoms with van der Waals surface area (Å²) < 4.78 is 43.6. The van der Waals surface area contributed by atoms with E-state index in [1.54, 1.807) is 61.6 Å². The second kappa shape index (κ2) is 47.8. The van der Waals surface area contributed by atoms with Gasteiger partial charge in [0.1, 0.15) is 63.2 Å². The van der Waals surface area contributed by atoms with Crippen molar-refractivity contribution in [3.8, 4) is 0 Å². The summed E-state index contributed by atoms with van der Waals surface area (Å²) in [5.41, 5.74) is 2.89. The number of aromatic nitrogens is 12. The van der Waals surface area contributed by atoms with E-state index in [-0.39, 0.29) is 195 Å². The fraction of sp³-hybridized carbons (Fsp3) is 0.500. The Kier molecular flexibility index (Phi) is 40.2. The van der Waals surface area contributed by atoms with Crippen LogP contribution in [-0.4, -0.2) is 196 Å². The number of esters is 4. The normalized spacial score (nSPS) is 17.4. The highest BCUT2D eigenvalue weighted by molar-refractivity contribution is 7.59. The molecule has 11 rings (SSSR count). The van der Waals surface area contributed by atoms with Crippen molar-refractivity contribution in [3.63, 3.8) is 0 Å². The Bertz CT molecular complexity index is 4560. The van der Waals surface area contributed by atoms with E-state index < -0.39 is 71.7 Å². The standard InChI is InChI=1S/C26H31N5O7.C19H25N5O7.C16H21NO5.C10H12N4O3.CH4O.3H2S/c1-16(2)22(26(35)37-12-17-6-4-3-5-7-17)30-19(32)9-11-21(33)36-13-18-8-10-20(38-18)31-15-29-23-24(31)27-14-28-25(23)34;1-10(2)15(19(28)29)23-12(25)4-6-14(26)30-7-11-3-5-13(31-11)24-9-22-16-17(24)20-8-21-18(16)27;1-11(2)15(17-13(18)8-9-14(19)20)16(21)22-10-12-6-4-3-5-7-12;15-3-6-1-2-7(17-6)14-5-13-8-9(14)11-4-12-10(8)16;1-2;;;/h3-7,14-16,18,20,22H,8-13H2,1-2H3,(H,30,32)(H,27,28,34);8-11,13,15H,3-7H2,1-2H3,(H,23,25)(H,28,29)(H,20,21,27);3-7,11,15H,8-10H2,1-2H3,(H,17,18)(H,19,20);4-7,15H,1-3H2,(H,11,12,16);2H,1H3;3*1H2/t18?,20-,22+;11?,13-,15+;15-;6?,7-;;;;/m1101..../s1. The van der Waals surface area contributed by atoms with Crippen LogP contribution in [0, 0.1) is 17.8 Å². The number of hydrogen-bond acceptors (Lipinski definition) is 27. The number of fused-ring (bicyclic) bond motifs is 3. The summed E-state index contributed by atoms with van der Waals surface area (Å²) in [7, 11) is 1.00. The molecule has 0 saturated carbocycles. The van der Waals surface area contributed by atoms with Crippen molar-refractivity contribution in [3.05, 3.63) is 141 Å². The number of hydrogen-bond donors (Lipinski definition) is 10. The lowest BCUT2D eigenvalue weighted by molar-refractivity contribution is -0.151. The van der Waals surface area contributed by atoms with E-state index in [1.165, 1.54) is 31.6 Å². The van der Waals surface area contributed by atoms with Crippen molar-refractivity contribution in [2.24, 2.45) is 17.8 Å². The number of aromatic amines is 3. The van der Waals surface area contributed by atoms with Gasteiger partial charge in [-0.3, -0.25) is 56.9 Å². The lowest BCUT2D eigenvalue weighted by atomic mass is 10.0. The molecule has 0 bridgehead atoms. The first kappa shape index (κ1) is 94.9. The van der Waals surface area contributed by atoms with Crippen LogP contribution in [0.25, 0.3) is 33.5 Å². The van der Waals surface area contributed by atoms with Crippen molar-refractivity contribution < 1.29 is 96.7 Å².